The summed E-state index contributed by atoms with van der Waals surface area (Å²) in [4.78, 5) is 20.6. The molecule has 1 aliphatic heterocycles. The zero-order chi connectivity index (χ0) is 10.7. The van der Waals surface area contributed by atoms with Gasteiger partial charge in [0.1, 0.15) is 0 Å². The third kappa shape index (κ3) is 2.71. The molecule has 0 bridgehead atoms. The maximum absolute atomic E-state index is 10.5. The van der Waals surface area contributed by atoms with Gasteiger partial charge in [-0.2, -0.15) is 0 Å². The van der Waals surface area contributed by atoms with E-state index in [2.05, 4.69) is 0 Å². The fraction of sp³-hybridized carbons (Fsp3) is 0.571. The van der Waals surface area contributed by atoms with Crippen molar-refractivity contribution in [2.24, 2.45) is 11.7 Å². The Morgan fingerprint density at radius 2 is 2.57 bits per heavy atom. The molecule has 0 fully saturated rings. The Hall–Kier alpha value is -0.560. The number of allylic oxidation sites excluding steroid dienone is 1. The van der Waals surface area contributed by atoms with Crippen LogP contribution in [0, 0.1) is 16.0 Å². The quantitative estimate of drug-likeness (QED) is 0.545. The van der Waals surface area contributed by atoms with Crippen LogP contribution in [-0.4, -0.2) is 44.9 Å². The van der Waals surface area contributed by atoms with Gasteiger partial charge in [0, 0.05) is 0 Å². The third-order valence-corrected chi connectivity index (χ3v) is 6.24. The molecule has 0 saturated heterocycles. The second-order valence-corrected chi connectivity index (χ2v) is 6.84. The molecule has 0 saturated carbocycles. The van der Waals surface area contributed by atoms with Crippen molar-refractivity contribution in [3.63, 3.8) is 0 Å². The van der Waals surface area contributed by atoms with Gasteiger partial charge >= 0.3 is 91.6 Å². The van der Waals surface area contributed by atoms with Gasteiger partial charge in [0.15, 0.2) is 0 Å². The van der Waals surface area contributed by atoms with E-state index in [1.54, 1.807) is 3.83 Å². The fourth-order valence-corrected chi connectivity index (χ4v) is 5.82. The van der Waals surface area contributed by atoms with Crippen LogP contribution in [-0.2, 0) is 4.79 Å². The van der Waals surface area contributed by atoms with Gasteiger partial charge in [-0.25, -0.2) is 0 Å². The van der Waals surface area contributed by atoms with Crippen LogP contribution in [0.1, 0.15) is 6.42 Å². The summed E-state index contributed by atoms with van der Waals surface area (Å²) in [5, 5.41) is 19.1. The van der Waals surface area contributed by atoms with Gasteiger partial charge in [0.25, 0.3) is 0 Å². The van der Waals surface area contributed by atoms with Gasteiger partial charge < -0.3 is 0 Å². The molecule has 0 amide bonds. The molecule has 3 N–H and O–H groups in total. The number of aliphatic carboxylic acids is 1. The van der Waals surface area contributed by atoms with Crippen LogP contribution in [0.5, 0.6) is 0 Å². The SMILES string of the molecule is N[C@@H](C[C@@H]1[CH2][In][CH]=C1[N+](=O)[O-])C(=O)O. The number of carbonyl (C=O) groups is 1. The summed E-state index contributed by atoms with van der Waals surface area (Å²) in [6, 6.07) is -0.982. The molecule has 0 aromatic carbocycles. The van der Waals surface area contributed by atoms with E-state index < -0.39 is 39.8 Å². The first-order valence-corrected chi connectivity index (χ1v) is 8.42. The topological polar surface area (TPSA) is 106 Å². The molecule has 0 aromatic heterocycles. The van der Waals surface area contributed by atoms with Gasteiger partial charge in [-0.15, -0.1) is 0 Å². The first-order chi connectivity index (χ1) is 6.52. The summed E-state index contributed by atoms with van der Waals surface area (Å²) in [5.41, 5.74) is 5.53. The van der Waals surface area contributed by atoms with Gasteiger partial charge in [0.2, 0.25) is 0 Å². The normalized spacial score (nSPS) is 22.4. The van der Waals surface area contributed by atoms with Crippen molar-refractivity contribution in [3.8, 4) is 0 Å². The van der Waals surface area contributed by atoms with Crippen LogP contribution in [0.25, 0.3) is 0 Å². The van der Waals surface area contributed by atoms with Crippen molar-refractivity contribution in [1.29, 1.82) is 0 Å². The minimum atomic E-state index is -1.09. The van der Waals surface area contributed by atoms with E-state index in [1.165, 1.54) is 0 Å². The average molecular weight is 301 g/mol. The van der Waals surface area contributed by atoms with Crippen LogP contribution in [0.3, 0.4) is 0 Å². The predicted octanol–water partition coefficient (Wildman–Crippen LogP) is -0.341. The van der Waals surface area contributed by atoms with Crippen molar-refractivity contribution in [2.45, 2.75) is 16.6 Å². The minimum absolute atomic E-state index is 0.189. The average Bonchev–Trinajstić information content (AvgIpc) is 2.52. The summed E-state index contributed by atoms with van der Waals surface area (Å²) in [6.45, 7) is 0. The van der Waals surface area contributed by atoms with Crippen molar-refractivity contribution < 1.29 is 14.8 Å². The molecule has 1 aliphatic rings. The summed E-state index contributed by atoms with van der Waals surface area (Å²) < 4.78 is 2.54. The molecular weight excluding hydrogens is 291 g/mol. The molecule has 0 spiro atoms. The monoisotopic (exact) mass is 301 g/mol. The van der Waals surface area contributed by atoms with Crippen LogP contribution >= 0.6 is 0 Å². The second kappa shape index (κ2) is 4.79. The summed E-state index contributed by atoms with van der Waals surface area (Å²) in [6.07, 6.45) is 0.189. The first kappa shape index (κ1) is 11.5. The molecule has 75 valence electrons. The zero-order valence-electron chi connectivity index (χ0n) is 7.42. The van der Waals surface area contributed by atoms with E-state index >= 15 is 0 Å². The van der Waals surface area contributed by atoms with E-state index in [-0.39, 0.29) is 18.0 Å². The second-order valence-electron chi connectivity index (χ2n) is 3.20. The predicted molar refractivity (Wildman–Crippen MR) is 49.4 cm³/mol. The van der Waals surface area contributed by atoms with Gasteiger partial charge in [-0.3, -0.25) is 0 Å². The number of carboxylic acid groups (broad SMARTS) is 1. The number of nitrogens with two attached hydrogens (primary N) is 1. The first-order valence-electron chi connectivity index (χ1n) is 4.18. The summed E-state index contributed by atoms with van der Waals surface area (Å²) >= 11 is -0.936. The Morgan fingerprint density at radius 3 is 3.07 bits per heavy atom. The maximum atomic E-state index is 10.5. The fourth-order valence-electron chi connectivity index (χ4n) is 1.44. The van der Waals surface area contributed by atoms with Crippen molar-refractivity contribution >= 4 is 28.9 Å². The molecule has 7 heteroatoms. The van der Waals surface area contributed by atoms with Crippen molar-refractivity contribution in [1.82, 2.24) is 0 Å². The molecule has 1 radical (unpaired) electrons. The molecule has 0 aromatic rings. The van der Waals surface area contributed by atoms with E-state index in [4.69, 9.17) is 10.8 Å². The molecule has 1 heterocycles. The van der Waals surface area contributed by atoms with Crippen LogP contribution in [0.4, 0.5) is 0 Å². The molecular formula is C7H10InN2O4. The van der Waals surface area contributed by atoms with E-state index in [0.29, 0.717) is 0 Å². The molecule has 2 atom stereocenters. The molecule has 1 rings (SSSR count). The Bertz CT molecular complexity index is 291. The summed E-state index contributed by atoms with van der Waals surface area (Å²) in [7, 11) is 0. The number of hydrogen-bond donors (Lipinski definition) is 2. The number of nitrogens with zero attached hydrogens (tertiary/aromatic N) is 1. The van der Waals surface area contributed by atoms with Crippen LogP contribution in [0.2, 0.25) is 4.18 Å². The van der Waals surface area contributed by atoms with Crippen molar-refractivity contribution in [2.75, 3.05) is 0 Å². The molecule has 0 unspecified atom stereocenters. The van der Waals surface area contributed by atoms with Crippen LogP contribution in [0.15, 0.2) is 9.53 Å². The van der Waals surface area contributed by atoms with E-state index in [0.717, 1.165) is 4.18 Å². The number of rotatable bonds is 4. The Labute approximate surface area is 91.7 Å². The Morgan fingerprint density at radius 1 is 1.93 bits per heavy atom. The van der Waals surface area contributed by atoms with Gasteiger partial charge in [0.05, 0.1) is 0 Å². The van der Waals surface area contributed by atoms with Crippen LogP contribution < -0.4 is 5.73 Å². The Kier molecular flexibility index (Phi) is 3.94. The van der Waals surface area contributed by atoms with Gasteiger partial charge in [-0.1, -0.05) is 0 Å². The van der Waals surface area contributed by atoms with Crippen molar-refractivity contribution in [3.05, 3.63) is 19.6 Å². The molecule has 14 heavy (non-hydrogen) atoms. The number of hydrogen-bond acceptors (Lipinski definition) is 4. The zero-order valence-corrected chi connectivity index (χ0v) is 10.7. The molecule has 0 aliphatic carbocycles. The summed E-state index contributed by atoms with van der Waals surface area (Å²) in [5.74, 6) is -1.32. The van der Waals surface area contributed by atoms with E-state index in [1.807, 2.05) is 0 Å². The Balaban J connectivity index is 2.58. The van der Waals surface area contributed by atoms with E-state index in [9.17, 15) is 14.9 Å². The standard InChI is InChI=1S/C7H10N2O4.In/c1-4(5(2)9(12)13)3-6(8)7(10)11;/h2,4,6H,1,3,8H2,(H,10,11);/t4-,6-;/m0./s1. The van der Waals surface area contributed by atoms with Gasteiger partial charge in [-0.05, 0) is 0 Å². The molecule has 6 nitrogen and oxygen atoms in total. The third-order valence-electron chi connectivity index (χ3n) is 2.19. The number of carboxylic acids is 1. The number of nitro groups is 1.